The van der Waals surface area contributed by atoms with Gasteiger partial charge in [0.25, 0.3) is 0 Å². The van der Waals surface area contributed by atoms with Crippen LogP contribution in [0.3, 0.4) is 0 Å². The molecule has 5 heteroatoms. The zero-order chi connectivity index (χ0) is 17.2. The molecule has 2 rings (SSSR count). The van der Waals surface area contributed by atoms with Gasteiger partial charge in [0.2, 0.25) is 5.91 Å². The van der Waals surface area contributed by atoms with E-state index >= 15 is 0 Å². The lowest BCUT2D eigenvalue weighted by atomic mass is 9.85. The molecule has 0 saturated heterocycles. The maximum atomic E-state index is 12.0. The fraction of sp³-hybridized carbons (Fsp3) is 0.579. The summed E-state index contributed by atoms with van der Waals surface area (Å²) in [5.74, 6) is 1.03. The van der Waals surface area contributed by atoms with Crippen molar-refractivity contribution in [3.8, 4) is 0 Å². The number of urea groups is 1. The Hall–Kier alpha value is -2.04. The standard InChI is InChI=1S/C19H29N3O2/c1-2-18(23)20-12-13-21-19(24)22-14-17(16-10-6-7-11-16)15-8-4-3-5-9-15/h3-5,8-9,16-17H,2,6-7,10-14H2,1H3,(H,20,23)(H2,21,22,24)/t17-/m1/s1. The molecule has 3 amide bonds. The normalized spacial score (nSPS) is 15.7. The number of carbonyl (C=O) groups excluding carboxylic acids is 2. The molecule has 1 aromatic rings. The van der Waals surface area contributed by atoms with Crippen LogP contribution in [-0.4, -0.2) is 31.6 Å². The minimum atomic E-state index is -0.167. The average Bonchev–Trinajstić information content (AvgIpc) is 3.14. The zero-order valence-corrected chi connectivity index (χ0v) is 14.5. The third kappa shape index (κ3) is 5.87. The highest BCUT2D eigenvalue weighted by molar-refractivity contribution is 5.76. The quantitative estimate of drug-likeness (QED) is 0.641. The number of rotatable bonds is 8. The summed E-state index contributed by atoms with van der Waals surface area (Å²) in [7, 11) is 0. The van der Waals surface area contributed by atoms with Gasteiger partial charge in [0.1, 0.15) is 0 Å². The van der Waals surface area contributed by atoms with E-state index in [1.54, 1.807) is 0 Å². The molecule has 24 heavy (non-hydrogen) atoms. The Morgan fingerprint density at radius 2 is 1.71 bits per heavy atom. The maximum absolute atomic E-state index is 12.0. The van der Waals surface area contributed by atoms with Crippen molar-refractivity contribution in [2.24, 2.45) is 5.92 Å². The molecule has 0 aromatic heterocycles. The van der Waals surface area contributed by atoms with Crippen LogP contribution in [0.25, 0.3) is 0 Å². The zero-order valence-electron chi connectivity index (χ0n) is 14.5. The first kappa shape index (κ1) is 18.3. The average molecular weight is 331 g/mol. The first-order valence-corrected chi connectivity index (χ1v) is 9.04. The highest BCUT2D eigenvalue weighted by Crippen LogP contribution is 2.36. The first-order chi connectivity index (χ1) is 11.7. The molecule has 1 aliphatic carbocycles. The third-order valence-corrected chi connectivity index (χ3v) is 4.73. The second kappa shape index (κ2) is 9.96. The summed E-state index contributed by atoms with van der Waals surface area (Å²) >= 11 is 0. The molecule has 132 valence electrons. The van der Waals surface area contributed by atoms with E-state index in [1.807, 2.05) is 13.0 Å². The monoisotopic (exact) mass is 331 g/mol. The number of hydrogen-bond acceptors (Lipinski definition) is 2. The molecule has 0 aliphatic heterocycles. The molecule has 0 unspecified atom stereocenters. The van der Waals surface area contributed by atoms with E-state index in [2.05, 4.69) is 40.2 Å². The van der Waals surface area contributed by atoms with Crippen molar-refractivity contribution in [1.82, 2.24) is 16.0 Å². The van der Waals surface area contributed by atoms with Crippen molar-refractivity contribution >= 4 is 11.9 Å². The van der Waals surface area contributed by atoms with Gasteiger partial charge < -0.3 is 16.0 Å². The minimum Gasteiger partial charge on any atom is -0.354 e. The molecule has 0 heterocycles. The molecule has 3 N–H and O–H groups in total. The first-order valence-electron chi connectivity index (χ1n) is 9.04. The van der Waals surface area contributed by atoms with Gasteiger partial charge in [-0.2, -0.15) is 0 Å². The van der Waals surface area contributed by atoms with Crippen molar-refractivity contribution in [3.63, 3.8) is 0 Å². The largest absolute Gasteiger partial charge is 0.354 e. The van der Waals surface area contributed by atoms with Gasteiger partial charge in [-0.3, -0.25) is 4.79 Å². The molecule has 1 fully saturated rings. The number of nitrogens with one attached hydrogen (secondary N) is 3. The molecule has 0 spiro atoms. The lowest BCUT2D eigenvalue weighted by molar-refractivity contribution is -0.120. The third-order valence-electron chi connectivity index (χ3n) is 4.73. The van der Waals surface area contributed by atoms with Gasteiger partial charge in [-0.15, -0.1) is 0 Å². The molecule has 5 nitrogen and oxygen atoms in total. The van der Waals surface area contributed by atoms with Crippen molar-refractivity contribution < 1.29 is 9.59 Å². The van der Waals surface area contributed by atoms with Crippen LogP contribution in [0.15, 0.2) is 30.3 Å². The van der Waals surface area contributed by atoms with Crippen LogP contribution in [0, 0.1) is 5.92 Å². The predicted octanol–water partition coefficient (Wildman–Crippen LogP) is 2.79. The molecular weight excluding hydrogens is 302 g/mol. The van der Waals surface area contributed by atoms with E-state index in [0.29, 0.717) is 37.9 Å². The Kier molecular flexibility index (Phi) is 7.59. The Bertz CT molecular complexity index is 513. The van der Waals surface area contributed by atoms with E-state index in [0.717, 1.165) is 0 Å². The molecule has 1 saturated carbocycles. The second-order valence-corrected chi connectivity index (χ2v) is 6.40. The highest BCUT2D eigenvalue weighted by atomic mass is 16.2. The topological polar surface area (TPSA) is 70.2 Å². The maximum Gasteiger partial charge on any atom is 0.314 e. The second-order valence-electron chi connectivity index (χ2n) is 6.40. The van der Waals surface area contributed by atoms with E-state index in [-0.39, 0.29) is 11.9 Å². The summed E-state index contributed by atoms with van der Waals surface area (Å²) in [4.78, 5) is 23.1. The van der Waals surface area contributed by atoms with Crippen LogP contribution in [0.1, 0.15) is 50.5 Å². The van der Waals surface area contributed by atoms with Crippen molar-refractivity contribution in [1.29, 1.82) is 0 Å². The van der Waals surface area contributed by atoms with Gasteiger partial charge in [-0.05, 0) is 24.3 Å². The minimum absolute atomic E-state index is 0.00239. The van der Waals surface area contributed by atoms with Gasteiger partial charge in [0.15, 0.2) is 0 Å². The summed E-state index contributed by atoms with van der Waals surface area (Å²) in [6, 6.07) is 10.3. The van der Waals surface area contributed by atoms with Crippen LogP contribution >= 0.6 is 0 Å². The predicted molar refractivity (Wildman–Crippen MR) is 95.8 cm³/mol. The van der Waals surface area contributed by atoms with Crippen LogP contribution in [-0.2, 0) is 4.79 Å². The summed E-state index contributed by atoms with van der Waals surface area (Å²) in [5.41, 5.74) is 1.31. The van der Waals surface area contributed by atoms with Gasteiger partial charge in [-0.25, -0.2) is 4.79 Å². The summed E-state index contributed by atoms with van der Waals surface area (Å²) in [6.45, 7) is 3.37. The Morgan fingerprint density at radius 1 is 1.04 bits per heavy atom. The van der Waals surface area contributed by atoms with Crippen LogP contribution in [0.4, 0.5) is 4.79 Å². The lowest BCUT2D eigenvalue weighted by Crippen LogP contribution is -2.42. The van der Waals surface area contributed by atoms with Crippen molar-refractivity contribution in [2.75, 3.05) is 19.6 Å². The number of hydrogen-bond donors (Lipinski definition) is 3. The molecule has 1 aromatic carbocycles. The molecule has 1 aliphatic rings. The smallest absolute Gasteiger partial charge is 0.314 e. The van der Waals surface area contributed by atoms with E-state index in [9.17, 15) is 9.59 Å². The summed E-state index contributed by atoms with van der Waals surface area (Å²) < 4.78 is 0. The lowest BCUT2D eigenvalue weighted by Gasteiger charge is -2.24. The van der Waals surface area contributed by atoms with Crippen molar-refractivity contribution in [2.45, 2.75) is 44.9 Å². The Balaban J connectivity index is 1.78. The van der Waals surface area contributed by atoms with Crippen LogP contribution in [0.5, 0.6) is 0 Å². The molecule has 0 bridgehead atoms. The fourth-order valence-corrected chi connectivity index (χ4v) is 3.38. The fourth-order valence-electron chi connectivity index (χ4n) is 3.38. The van der Waals surface area contributed by atoms with Gasteiger partial charge in [0.05, 0.1) is 0 Å². The molecule has 0 radical (unpaired) electrons. The van der Waals surface area contributed by atoms with Crippen LogP contribution < -0.4 is 16.0 Å². The Labute approximate surface area is 144 Å². The van der Waals surface area contributed by atoms with Gasteiger partial charge >= 0.3 is 6.03 Å². The summed E-state index contributed by atoms with van der Waals surface area (Å²) in [5, 5.41) is 8.53. The van der Waals surface area contributed by atoms with E-state index < -0.39 is 0 Å². The highest BCUT2D eigenvalue weighted by Gasteiger charge is 2.26. The van der Waals surface area contributed by atoms with Gasteiger partial charge in [0, 0.05) is 32.0 Å². The van der Waals surface area contributed by atoms with E-state index in [4.69, 9.17) is 0 Å². The Morgan fingerprint density at radius 3 is 2.38 bits per heavy atom. The number of amides is 3. The van der Waals surface area contributed by atoms with Gasteiger partial charge in [-0.1, -0.05) is 50.1 Å². The number of carbonyl (C=O) groups is 2. The molecular formula is C19H29N3O2. The SMILES string of the molecule is CCC(=O)NCCNC(=O)NC[C@H](c1ccccc1)C1CCCC1. The molecule has 1 atom stereocenters. The number of benzene rings is 1. The van der Waals surface area contributed by atoms with E-state index in [1.165, 1.54) is 31.2 Å². The van der Waals surface area contributed by atoms with Crippen molar-refractivity contribution in [3.05, 3.63) is 35.9 Å². The van der Waals surface area contributed by atoms with Crippen LogP contribution in [0.2, 0.25) is 0 Å². The summed E-state index contributed by atoms with van der Waals surface area (Å²) in [6.07, 6.45) is 5.53.